The predicted octanol–water partition coefficient (Wildman–Crippen LogP) is -0.168. The van der Waals surface area contributed by atoms with Crippen molar-refractivity contribution in [2.75, 3.05) is 19.6 Å². The van der Waals surface area contributed by atoms with Gasteiger partial charge in [-0.25, -0.2) is 4.79 Å². The van der Waals surface area contributed by atoms with E-state index in [4.69, 9.17) is 0 Å². The number of urea groups is 1. The number of carbonyl (C=O) groups is 2. The van der Waals surface area contributed by atoms with Crippen molar-refractivity contribution in [1.29, 1.82) is 0 Å². The average Bonchev–Trinajstić information content (AvgIpc) is 2.19. The van der Waals surface area contributed by atoms with Crippen molar-refractivity contribution in [3.8, 4) is 0 Å². The third-order valence-electron chi connectivity index (χ3n) is 2.28. The fraction of sp³-hybridized carbons (Fsp3) is 0.778. The first kappa shape index (κ1) is 11.0. The van der Waals surface area contributed by atoms with Crippen molar-refractivity contribution in [1.82, 2.24) is 16.0 Å². The van der Waals surface area contributed by atoms with Crippen molar-refractivity contribution in [3.63, 3.8) is 0 Å². The fourth-order valence-electron chi connectivity index (χ4n) is 1.50. The number of piperidine rings is 1. The number of hydrogen-bond acceptors (Lipinski definition) is 3. The Morgan fingerprint density at radius 2 is 2.00 bits per heavy atom. The molecule has 0 bridgehead atoms. The Morgan fingerprint density at radius 1 is 1.36 bits per heavy atom. The van der Waals surface area contributed by atoms with Gasteiger partial charge in [0.2, 0.25) is 5.91 Å². The van der Waals surface area contributed by atoms with E-state index in [1.54, 1.807) is 0 Å². The van der Waals surface area contributed by atoms with Gasteiger partial charge in [-0.2, -0.15) is 0 Å². The highest BCUT2D eigenvalue weighted by molar-refractivity contribution is 5.95. The van der Waals surface area contributed by atoms with Crippen LogP contribution < -0.4 is 16.0 Å². The molecule has 0 aromatic rings. The van der Waals surface area contributed by atoms with Gasteiger partial charge in [0.15, 0.2) is 0 Å². The monoisotopic (exact) mass is 199 g/mol. The number of carbonyl (C=O) groups excluding carboxylic acids is 2. The van der Waals surface area contributed by atoms with Gasteiger partial charge in [0.25, 0.3) is 0 Å². The summed E-state index contributed by atoms with van der Waals surface area (Å²) in [5, 5.41) is 8.03. The molecule has 14 heavy (non-hydrogen) atoms. The molecular weight excluding hydrogens is 182 g/mol. The van der Waals surface area contributed by atoms with Crippen molar-refractivity contribution in [3.05, 3.63) is 0 Å². The normalized spacial score (nSPS) is 17.5. The second kappa shape index (κ2) is 5.59. The lowest BCUT2D eigenvalue weighted by Gasteiger charge is -2.21. The van der Waals surface area contributed by atoms with Gasteiger partial charge in [0, 0.05) is 12.5 Å². The number of rotatable bonds is 2. The molecule has 0 aromatic heterocycles. The maximum Gasteiger partial charge on any atom is 0.321 e. The second-order valence-electron chi connectivity index (χ2n) is 3.37. The van der Waals surface area contributed by atoms with E-state index in [1.165, 1.54) is 0 Å². The van der Waals surface area contributed by atoms with Crippen molar-refractivity contribution < 1.29 is 9.59 Å². The quantitative estimate of drug-likeness (QED) is 0.578. The molecule has 1 heterocycles. The van der Waals surface area contributed by atoms with Gasteiger partial charge in [-0.15, -0.1) is 0 Å². The predicted molar refractivity (Wildman–Crippen MR) is 52.8 cm³/mol. The minimum atomic E-state index is -0.393. The van der Waals surface area contributed by atoms with Crippen LogP contribution in [0.25, 0.3) is 0 Å². The Kier molecular flexibility index (Phi) is 4.39. The van der Waals surface area contributed by atoms with Crippen LogP contribution in [-0.2, 0) is 4.79 Å². The first-order valence-corrected chi connectivity index (χ1v) is 5.03. The molecule has 0 radical (unpaired) electrons. The van der Waals surface area contributed by atoms with Crippen LogP contribution in [0.4, 0.5) is 4.79 Å². The molecule has 1 aliphatic rings. The SMILES string of the molecule is CCNC(=O)NC(=O)C1CCNCC1. The van der Waals surface area contributed by atoms with Gasteiger partial charge in [-0.3, -0.25) is 10.1 Å². The Morgan fingerprint density at radius 3 is 2.57 bits per heavy atom. The lowest BCUT2D eigenvalue weighted by Crippen LogP contribution is -2.44. The summed E-state index contributed by atoms with van der Waals surface area (Å²) in [6.07, 6.45) is 1.62. The molecule has 0 unspecified atom stereocenters. The van der Waals surface area contributed by atoms with Gasteiger partial charge < -0.3 is 10.6 Å². The molecule has 0 spiro atoms. The first-order chi connectivity index (χ1) is 6.74. The average molecular weight is 199 g/mol. The van der Waals surface area contributed by atoms with Crippen LogP contribution in [-0.4, -0.2) is 31.6 Å². The van der Waals surface area contributed by atoms with Crippen LogP contribution in [0.3, 0.4) is 0 Å². The molecule has 3 N–H and O–H groups in total. The van der Waals surface area contributed by atoms with E-state index in [9.17, 15) is 9.59 Å². The lowest BCUT2D eigenvalue weighted by molar-refractivity contribution is -0.124. The smallest absolute Gasteiger partial charge is 0.321 e. The van der Waals surface area contributed by atoms with Gasteiger partial charge in [-0.05, 0) is 32.9 Å². The van der Waals surface area contributed by atoms with E-state index in [2.05, 4.69) is 16.0 Å². The zero-order valence-electron chi connectivity index (χ0n) is 8.43. The van der Waals surface area contributed by atoms with Gasteiger partial charge in [-0.1, -0.05) is 0 Å². The molecule has 1 aliphatic heterocycles. The zero-order valence-corrected chi connectivity index (χ0v) is 8.43. The molecule has 0 aliphatic carbocycles. The van der Waals surface area contributed by atoms with Gasteiger partial charge >= 0.3 is 6.03 Å². The molecule has 0 aromatic carbocycles. The van der Waals surface area contributed by atoms with Crippen LogP contribution in [0.2, 0.25) is 0 Å². The maximum absolute atomic E-state index is 11.5. The Labute approximate surface area is 83.6 Å². The summed E-state index contributed by atoms with van der Waals surface area (Å²) < 4.78 is 0. The molecule has 0 atom stereocenters. The third-order valence-corrected chi connectivity index (χ3v) is 2.28. The molecule has 5 nitrogen and oxygen atoms in total. The number of hydrogen-bond donors (Lipinski definition) is 3. The minimum Gasteiger partial charge on any atom is -0.338 e. The molecular formula is C9H17N3O2. The molecule has 5 heteroatoms. The first-order valence-electron chi connectivity index (χ1n) is 5.03. The minimum absolute atomic E-state index is 0.0149. The third kappa shape index (κ3) is 3.33. The largest absolute Gasteiger partial charge is 0.338 e. The molecule has 80 valence electrons. The highest BCUT2D eigenvalue weighted by Crippen LogP contribution is 2.10. The Hall–Kier alpha value is -1.10. The number of nitrogens with one attached hydrogen (secondary N) is 3. The van der Waals surface area contributed by atoms with Crippen molar-refractivity contribution in [2.45, 2.75) is 19.8 Å². The second-order valence-corrected chi connectivity index (χ2v) is 3.37. The van der Waals surface area contributed by atoms with Crippen molar-refractivity contribution in [2.24, 2.45) is 5.92 Å². The lowest BCUT2D eigenvalue weighted by atomic mass is 9.97. The summed E-state index contributed by atoms with van der Waals surface area (Å²) in [4.78, 5) is 22.5. The van der Waals surface area contributed by atoms with Crippen LogP contribution >= 0.6 is 0 Å². The van der Waals surface area contributed by atoms with E-state index in [-0.39, 0.29) is 11.8 Å². The zero-order chi connectivity index (χ0) is 10.4. The summed E-state index contributed by atoms with van der Waals surface area (Å²) in [6, 6.07) is -0.393. The fourth-order valence-corrected chi connectivity index (χ4v) is 1.50. The molecule has 1 rings (SSSR count). The molecule has 1 fully saturated rings. The van der Waals surface area contributed by atoms with E-state index in [0.29, 0.717) is 6.54 Å². The Balaban J connectivity index is 2.29. The highest BCUT2D eigenvalue weighted by atomic mass is 16.2. The maximum atomic E-state index is 11.5. The van der Waals surface area contributed by atoms with E-state index in [0.717, 1.165) is 25.9 Å². The molecule has 3 amide bonds. The van der Waals surface area contributed by atoms with Crippen LogP contribution in [0.5, 0.6) is 0 Å². The van der Waals surface area contributed by atoms with E-state index >= 15 is 0 Å². The topological polar surface area (TPSA) is 70.2 Å². The van der Waals surface area contributed by atoms with Gasteiger partial charge in [0.1, 0.15) is 0 Å². The summed E-state index contributed by atoms with van der Waals surface area (Å²) >= 11 is 0. The summed E-state index contributed by atoms with van der Waals surface area (Å²) in [6.45, 7) is 4.06. The van der Waals surface area contributed by atoms with E-state index < -0.39 is 6.03 Å². The van der Waals surface area contributed by atoms with Crippen molar-refractivity contribution >= 4 is 11.9 Å². The summed E-state index contributed by atoms with van der Waals surface area (Å²) in [5.41, 5.74) is 0. The standard InChI is InChI=1S/C9H17N3O2/c1-2-11-9(14)12-8(13)7-3-5-10-6-4-7/h7,10H,2-6H2,1H3,(H2,11,12,13,14). The molecule has 0 saturated carbocycles. The van der Waals surface area contributed by atoms with E-state index in [1.807, 2.05) is 6.92 Å². The summed E-state index contributed by atoms with van der Waals surface area (Å²) in [5.74, 6) is -0.170. The van der Waals surface area contributed by atoms with Crippen LogP contribution in [0.1, 0.15) is 19.8 Å². The number of amides is 3. The highest BCUT2D eigenvalue weighted by Gasteiger charge is 2.21. The Bertz CT molecular complexity index is 212. The van der Waals surface area contributed by atoms with Crippen LogP contribution in [0.15, 0.2) is 0 Å². The van der Waals surface area contributed by atoms with Gasteiger partial charge in [0.05, 0.1) is 0 Å². The van der Waals surface area contributed by atoms with Crippen LogP contribution in [0, 0.1) is 5.92 Å². The molecule has 1 saturated heterocycles. The number of imide groups is 1. The summed E-state index contributed by atoms with van der Waals surface area (Å²) in [7, 11) is 0.